The van der Waals surface area contributed by atoms with Gasteiger partial charge >= 0.3 is 0 Å². The van der Waals surface area contributed by atoms with Gasteiger partial charge in [0.15, 0.2) is 6.23 Å². The van der Waals surface area contributed by atoms with Crippen molar-refractivity contribution in [3.8, 4) is 0 Å². The van der Waals surface area contributed by atoms with Gasteiger partial charge in [-0.15, -0.1) is 0 Å². The van der Waals surface area contributed by atoms with E-state index in [2.05, 4.69) is 16.0 Å². The van der Waals surface area contributed by atoms with E-state index < -0.39 is 6.23 Å². The molecular weight excluding hydrogens is 517 g/mol. The lowest BCUT2D eigenvalue weighted by Gasteiger charge is -2.19. The average molecular weight is 544 g/mol. The van der Waals surface area contributed by atoms with Crippen molar-refractivity contribution >= 4 is 35.2 Å². The number of amides is 2. The molecule has 0 bridgehead atoms. The van der Waals surface area contributed by atoms with Gasteiger partial charge in [0, 0.05) is 22.8 Å². The largest absolute Gasteiger partial charge is 0.368 e. The number of carbonyl (C=O) groups excluding carboxylic acids is 2. The molecule has 39 heavy (non-hydrogen) atoms. The molecule has 4 aromatic rings. The minimum atomic E-state index is -1.24. The van der Waals surface area contributed by atoms with Crippen LogP contribution in [0.5, 0.6) is 0 Å². The van der Waals surface area contributed by atoms with E-state index >= 15 is 0 Å². The van der Waals surface area contributed by atoms with E-state index in [9.17, 15) is 19.1 Å². The summed E-state index contributed by atoms with van der Waals surface area (Å²) >= 11 is 5.99. The highest BCUT2D eigenvalue weighted by Crippen LogP contribution is 2.17. The topological polar surface area (TPSA) is 90.5 Å². The molecule has 0 radical (unpaired) electrons. The fraction of sp³-hybridized carbons (Fsp3) is 0.0968. The number of anilines is 1. The van der Waals surface area contributed by atoms with Crippen molar-refractivity contribution in [2.24, 2.45) is 0 Å². The standard InChI is InChI=1S/C31H27ClFN3O3/c32-25-13-9-21(10-14-25)18-28(36-30(38)24-6-2-1-3-7-24)31(39)35-27-15-11-22(12-16-27)19-29(37)34-20-23-5-4-8-26(33)17-23/h1-18,31,35,39H,19-20H2,(H,34,37)(H,36,38)/b28-18-. The lowest BCUT2D eigenvalue weighted by atomic mass is 10.1. The molecule has 0 aromatic heterocycles. The Hall–Kier alpha value is -4.46. The van der Waals surface area contributed by atoms with Crippen LogP contribution in [0.4, 0.5) is 10.1 Å². The van der Waals surface area contributed by atoms with Crippen molar-refractivity contribution in [3.63, 3.8) is 0 Å². The summed E-state index contributed by atoms with van der Waals surface area (Å²) in [6.07, 6.45) is 0.563. The van der Waals surface area contributed by atoms with E-state index in [1.807, 2.05) is 6.07 Å². The van der Waals surface area contributed by atoms with Crippen molar-refractivity contribution in [2.75, 3.05) is 5.32 Å². The highest BCUT2D eigenvalue weighted by molar-refractivity contribution is 6.30. The van der Waals surface area contributed by atoms with E-state index in [4.69, 9.17) is 11.6 Å². The maximum atomic E-state index is 13.3. The van der Waals surface area contributed by atoms with Gasteiger partial charge in [-0.1, -0.05) is 66.2 Å². The number of aliphatic hydroxyl groups is 1. The Kier molecular flexibility index (Phi) is 9.45. The Morgan fingerprint density at radius 3 is 2.28 bits per heavy atom. The third kappa shape index (κ3) is 8.53. The Morgan fingerprint density at radius 1 is 0.872 bits per heavy atom. The Balaban J connectivity index is 1.40. The minimum absolute atomic E-state index is 0.146. The zero-order valence-corrected chi connectivity index (χ0v) is 21.7. The molecule has 1 atom stereocenters. The molecular formula is C31H27ClFN3O3. The van der Waals surface area contributed by atoms with Gasteiger partial charge in [-0.25, -0.2) is 4.39 Å². The highest BCUT2D eigenvalue weighted by Gasteiger charge is 2.16. The number of halogens is 2. The molecule has 0 spiro atoms. The van der Waals surface area contributed by atoms with Gasteiger partial charge in [0.25, 0.3) is 5.91 Å². The summed E-state index contributed by atoms with van der Waals surface area (Å²) in [7, 11) is 0. The smallest absolute Gasteiger partial charge is 0.255 e. The quantitative estimate of drug-likeness (QED) is 0.198. The lowest BCUT2D eigenvalue weighted by Crippen LogP contribution is -2.34. The molecule has 0 saturated carbocycles. The molecule has 198 valence electrons. The summed E-state index contributed by atoms with van der Waals surface area (Å²) in [5, 5.41) is 20.1. The van der Waals surface area contributed by atoms with Gasteiger partial charge in [0.1, 0.15) is 5.82 Å². The first-order valence-electron chi connectivity index (χ1n) is 12.2. The molecule has 4 aromatic carbocycles. The summed E-state index contributed by atoms with van der Waals surface area (Å²) < 4.78 is 13.3. The first-order valence-corrected chi connectivity index (χ1v) is 12.6. The van der Waals surface area contributed by atoms with Crippen molar-refractivity contribution < 1.29 is 19.1 Å². The fourth-order valence-electron chi connectivity index (χ4n) is 3.76. The summed E-state index contributed by atoms with van der Waals surface area (Å²) in [5.41, 5.74) is 3.46. The summed E-state index contributed by atoms with van der Waals surface area (Å²) in [6, 6.07) is 28.8. The normalized spacial score (nSPS) is 11.9. The Labute approximate surface area is 231 Å². The molecule has 0 aliphatic carbocycles. The van der Waals surface area contributed by atoms with Crippen LogP contribution in [0.25, 0.3) is 6.08 Å². The van der Waals surface area contributed by atoms with Crippen LogP contribution in [-0.2, 0) is 17.8 Å². The monoisotopic (exact) mass is 543 g/mol. The van der Waals surface area contributed by atoms with Crippen LogP contribution in [0.1, 0.15) is 27.0 Å². The molecule has 1 unspecified atom stereocenters. The number of nitrogens with one attached hydrogen (secondary N) is 3. The molecule has 6 nitrogen and oxygen atoms in total. The molecule has 0 aliphatic heterocycles. The first kappa shape index (κ1) is 27.6. The summed E-state index contributed by atoms with van der Waals surface area (Å²) in [6.45, 7) is 0.236. The predicted octanol–water partition coefficient (Wildman–Crippen LogP) is 5.54. The van der Waals surface area contributed by atoms with Crippen molar-refractivity contribution in [1.29, 1.82) is 0 Å². The second kappa shape index (κ2) is 13.4. The van der Waals surface area contributed by atoms with Gasteiger partial charge in [-0.2, -0.15) is 0 Å². The number of hydrogen-bond donors (Lipinski definition) is 4. The van der Waals surface area contributed by atoms with Crippen molar-refractivity contribution in [3.05, 3.63) is 142 Å². The van der Waals surface area contributed by atoms with E-state index in [1.54, 1.807) is 91.0 Å². The van der Waals surface area contributed by atoms with Crippen LogP contribution in [0.3, 0.4) is 0 Å². The third-order valence-corrected chi connectivity index (χ3v) is 6.03. The maximum absolute atomic E-state index is 13.3. The second-order valence-corrected chi connectivity index (χ2v) is 9.24. The van der Waals surface area contributed by atoms with Crippen LogP contribution in [0, 0.1) is 5.82 Å². The number of hydrogen-bond acceptors (Lipinski definition) is 4. The number of rotatable bonds is 10. The van der Waals surface area contributed by atoms with Crippen LogP contribution < -0.4 is 16.0 Å². The molecule has 0 saturated heterocycles. The maximum Gasteiger partial charge on any atom is 0.255 e. The minimum Gasteiger partial charge on any atom is -0.368 e. The van der Waals surface area contributed by atoms with Crippen molar-refractivity contribution in [2.45, 2.75) is 19.2 Å². The van der Waals surface area contributed by atoms with E-state index in [-0.39, 0.29) is 36.3 Å². The Bertz CT molecular complexity index is 1440. The molecule has 0 heterocycles. The zero-order chi connectivity index (χ0) is 27.6. The van der Waals surface area contributed by atoms with E-state index in [1.165, 1.54) is 12.1 Å². The van der Waals surface area contributed by atoms with Crippen LogP contribution >= 0.6 is 11.6 Å². The molecule has 0 aliphatic rings. The van der Waals surface area contributed by atoms with Crippen molar-refractivity contribution in [1.82, 2.24) is 10.6 Å². The van der Waals surface area contributed by atoms with Gasteiger partial charge in [-0.3, -0.25) is 9.59 Å². The number of carbonyl (C=O) groups is 2. The Morgan fingerprint density at radius 2 is 1.59 bits per heavy atom. The number of aliphatic hydroxyl groups excluding tert-OH is 1. The summed E-state index contributed by atoms with van der Waals surface area (Å²) in [4.78, 5) is 25.1. The van der Waals surface area contributed by atoms with Gasteiger partial charge < -0.3 is 21.1 Å². The molecule has 8 heteroatoms. The van der Waals surface area contributed by atoms with Gasteiger partial charge in [0.05, 0.1) is 12.1 Å². The van der Waals surface area contributed by atoms with Gasteiger partial charge in [-0.05, 0) is 71.3 Å². The first-order chi connectivity index (χ1) is 18.9. The van der Waals surface area contributed by atoms with Crippen LogP contribution in [0.2, 0.25) is 5.02 Å². The molecule has 0 fully saturated rings. The third-order valence-electron chi connectivity index (χ3n) is 5.78. The lowest BCUT2D eigenvalue weighted by molar-refractivity contribution is -0.120. The molecule has 2 amide bonds. The highest BCUT2D eigenvalue weighted by atomic mass is 35.5. The van der Waals surface area contributed by atoms with Crippen LogP contribution in [-0.4, -0.2) is 23.1 Å². The predicted molar refractivity (Wildman–Crippen MR) is 151 cm³/mol. The zero-order valence-electron chi connectivity index (χ0n) is 20.9. The molecule has 4 rings (SSSR count). The van der Waals surface area contributed by atoms with E-state index in [0.717, 1.165) is 11.1 Å². The van der Waals surface area contributed by atoms with Crippen LogP contribution in [0.15, 0.2) is 109 Å². The second-order valence-electron chi connectivity index (χ2n) is 8.80. The number of benzene rings is 4. The average Bonchev–Trinajstić information content (AvgIpc) is 2.94. The SMILES string of the molecule is O=C(Cc1ccc(NC(O)/C(=C/c2ccc(Cl)cc2)NC(=O)c2ccccc2)cc1)NCc1cccc(F)c1. The molecule has 4 N–H and O–H groups in total. The fourth-order valence-corrected chi connectivity index (χ4v) is 3.89. The van der Waals surface area contributed by atoms with E-state index in [0.29, 0.717) is 21.8 Å². The summed E-state index contributed by atoms with van der Waals surface area (Å²) in [5.74, 6) is -0.911. The van der Waals surface area contributed by atoms with Gasteiger partial charge in [0.2, 0.25) is 5.91 Å².